The number of rotatable bonds is 6. The fraction of sp³-hybridized carbons (Fsp3) is 0.440. The van der Waals surface area contributed by atoms with Crippen molar-refractivity contribution in [3.63, 3.8) is 0 Å². The fourth-order valence-corrected chi connectivity index (χ4v) is 4.49. The molecule has 0 radical (unpaired) electrons. The number of nitrogens with zero attached hydrogens (tertiary/aromatic N) is 3. The Hall–Kier alpha value is -2.70. The first kappa shape index (κ1) is 21.5. The molecule has 6 nitrogen and oxygen atoms in total. The van der Waals surface area contributed by atoms with E-state index in [9.17, 15) is 9.59 Å². The molecule has 2 aliphatic heterocycles. The van der Waals surface area contributed by atoms with Crippen LogP contribution in [0.5, 0.6) is 0 Å². The second-order valence-electron chi connectivity index (χ2n) is 8.44. The zero-order valence-corrected chi connectivity index (χ0v) is 18.4. The Morgan fingerprint density at radius 2 is 1.81 bits per heavy atom. The number of morpholine rings is 1. The number of amides is 2. The highest BCUT2D eigenvalue weighted by atomic mass is 16.5. The van der Waals surface area contributed by atoms with E-state index >= 15 is 0 Å². The van der Waals surface area contributed by atoms with Gasteiger partial charge in [0.1, 0.15) is 0 Å². The minimum absolute atomic E-state index is 0.0358. The van der Waals surface area contributed by atoms with E-state index in [4.69, 9.17) is 4.74 Å². The lowest BCUT2D eigenvalue weighted by atomic mass is 10.1. The molecule has 31 heavy (non-hydrogen) atoms. The molecule has 164 valence electrons. The molecule has 2 amide bonds. The highest BCUT2D eigenvalue weighted by Crippen LogP contribution is 2.29. The lowest BCUT2D eigenvalue weighted by Crippen LogP contribution is -2.48. The van der Waals surface area contributed by atoms with Crippen LogP contribution in [0.2, 0.25) is 0 Å². The average Bonchev–Trinajstić information content (AvgIpc) is 3.22. The summed E-state index contributed by atoms with van der Waals surface area (Å²) in [5, 5.41) is 0. The van der Waals surface area contributed by atoms with E-state index in [-0.39, 0.29) is 17.9 Å². The molecule has 0 aliphatic carbocycles. The maximum atomic E-state index is 13.6. The maximum absolute atomic E-state index is 13.6. The Morgan fingerprint density at radius 3 is 2.52 bits per heavy atom. The van der Waals surface area contributed by atoms with Crippen LogP contribution in [0, 0.1) is 0 Å². The lowest BCUT2D eigenvalue weighted by Gasteiger charge is -2.35. The molecule has 0 saturated carbocycles. The summed E-state index contributed by atoms with van der Waals surface area (Å²) in [5.41, 5.74) is 3.81. The van der Waals surface area contributed by atoms with E-state index in [2.05, 4.69) is 24.0 Å². The number of hydrogen-bond donors (Lipinski definition) is 0. The first-order chi connectivity index (χ1) is 15.0. The summed E-state index contributed by atoms with van der Waals surface area (Å²) in [6.45, 7) is 9.09. The molecule has 1 fully saturated rings. The lowest BCUT2D eigenvalue weighted by molar-refractivity contribution is -0.116. The molecule has 1 saturated heterocycles. The van der Waals surface area contributed by atoms with Crippen molar-refractivity contribution >= 4 is 17.5 Å². The van der Waals surface area contributed by atoms with Gasteiger partial charge < -0.3 is 14.5 Å². The van der Waals surface area contributed by atoms with Crippen LogP contribution in [0.4, 0.5) is 5.69 Å². The molecule has 0 N–H and O–H groups in total. The van der Waals surface area contributed by atoms with E-state index in [0.717, 1.165) is 56.1 Å². The van der Waals surface area contributed by atoms with Gasteiger partial charge in [0.05, 0.1) is 13.2 Å². The number of anilines is 1. The summed E-state index contributed by atoms with van der Waals surface area (Å²) in [7, 11) is 0. The van der Waals surface area contributed by atoms with Gasteiger partial charge in [0.2, 0.25) is 5.91 Å². The van der Waals surface area contributed by atoms with Gasteiger partial charge in [0, 0.05) is 56.9 Å². The summed E-state index contributed by atoms with van der Waals surface area (Å²) in [6, 6.07) is 16.0. The van der Waals surface area contributed by atoms with Crippen molar-refractivity contribution in [2.75, 3.05) is 44.3 Å². The highest BCUT2D eigenvalue weighted by Gasteiger charge is 2.27. The van der Waals surface area contributed by atoms with Gasteiger partial charge in [-0.1, -0.05) is 30.3 Å². The number of fused-ring (bicyclic) bond motifs is 1. The molecule has 2 aromatic carbocycles. The monoisotopic (exact) mass is 421 g/mol. The van der Waals surface area contributed by atoms with Crippen molar-refractivity contribution in [1.82, 2.24) is 9.80 Å². The van der Waals surface area contributed by atoms with Gasteiger partial charge in [0.15, 0.2) is 0 Å². The zero-order chi connectivity index (χ0) is 21.8. The molecule has 2 heterocycles. The van der Waals surface area contributed by atoms with Gasteiger partial charge in [-0.2, -0.15) is 0 Å². The Balaban J connectivity index is 1.56. The SMILES string of the molecule is CC(=O)N1CCc2cc(C(=O)N(Cc3ccccc3)[C@@H](C)CN3CCOCC3)ccc21. The number of hydrogen-bond acceptors (Lipinski definition) is 4. The van der Waals surface area contributed by atoms with Crippen molar-refractivity contribution in [2.45, 2.75) is 32.9 Å². The summed E-state index contributed by atoms with van der Waals surface area (Å²) >= 11 is 0. The maximum Gasteiger partial charge on any atom is 0.254 e. The van der Waals surface area contributed by atoms with E-state index in [1.165, 1.54) is 0 Å². The molecule has 2 aliphatic rings. The third kappa shape index (κ3) is 4.97. The Morgan fingerprint density at radius 1 is 1.06 bits per heavy atom. The second-order valence-corrected chi connectivity index (χ2v) is 8.44. The number of carbonyl (C=O) groups excluding carboxylic acids is 2. The van der Waals surface area contributed by atoms with Gasteiger partial charge in [-0.15, -0.1) is 0 Å². The molecule has 0 spiro atoms. The predicted molar refractivity (Wildman–Crippen MR) is 121 cm³/mol. The van der Waals surface area contributed by atoms with Crippen molar-refractivity contribution < 1.29 is 14.3 Å². The molecule has 0 bridgehead atoms. The van der Waals surface area contributed by atoms with E-state index in [0.29, 0.717) is 18.7 Å². The van der Waals surface area contributed by atoms with Gasteiger partial charge in [-0.25, -0.2) is 0 Å². The van der Waals surface area contributed by atoms with Crippen LogP contribution in [-0.2, 0) is 22.5 Å². The summed E-state index contributed by atoms with van der Waals surface area (Å²) < 4.78 is 5.47. The van der Waals surface area contributed by atoms with Gasteiger partial charge in [0.25, 0.3) is 5.91 Å². The van der Waals surface area contributed by atoms with Crippen LogP contribution < -0.4 is 4.90 Å². The van der Waals surface area contributed by atoms with Gasteiger partial charge in [-0.3, -0.25) is 14.5 Å². The van der Waals surface area contributed by atoms with E-state index in [1.54, 1.807) is 11.8 Å². The topological polar surface area (TPSA) is 53.1 Å². The van der Waals surface area contributed by atoms with Crippen molar-refractivity contribution in [1.29, 1.82) is 0 Å². The average molecular weight is 422 g/mol. The van der Waals surface area contributed by atoms with Crippen molar-refractivity contribution in [2.24, 2.45) is 0 Å². The summed E-state index contributed by atoms with van der Waals surface area (Å²) in [5.74, 6) is 0.0800. The van der Waals surface area contributed by atoms with Crippen molar-refractivity contribution in [3.05, 3.63) is 65.2 Å². The van der Waals surface area contributed by atoms with Crippen LogP contribution in [-0.4, -0.2) is 67.0 Å². The molecule has 2 aromatic rings. The fourth-order valence-electron chi connectivity index (χ4n) is 4.49. The molecular weight excluding hydrogens is 390 g/mol. The van der Waals surface area contributed by atoms with Gasteiger partial charge in [-0.05, 0) is 42.7 Å². The number of ether oxygens (including phenoxy) is 1. The predicted octanol–water partition coefficient (Wildman–Crippen LogP) is 2.96. The molecule has 0 unspecified atom stereocenters. The van der Waals surface area contributed by atoms with Crippen LogP contribution in [0.3, 0.4) is 0 Å². The summed E-state index contributed by atoms with van der Waals surface area (Å²) in [4.78, 5) is 31.6. The molecular formula is C25H31N3O3. The third-order valence-electron chi connectivity index (χ3n) is 6.22. The Kier molecular flexibility index (Phi) is 6.68. The third-order valence-corrected chi connectivity index (χ3v) is 6.22. The van der Waals surface area contributed by atoms with Gasteiger partial charge >= 0.3 is 0 Å². The summed E-state index contributed by atoms with van der Waals surface area (Å²) in [6.07, 6.45) is 0.790. The van der Waals surface area contributed by atoms with Crippen LogP contribution in [0.1, 0.15) is 35.3 Å². The van der Waals surface area contributed by atoms with Crippen LogP contribution in [0.15, 0.2) is 48.5 Å². The quantitative estimate of drug-likeness (QED) is 0.720. The molecule has 6 heteroatoms. The number of carbonyl (C=O) groups is 2. The highest BCUT2D eigenvalue weighted by molar-refractivity contribution is 5.98. The Bertz CT molecular complexity index is 925. The largest absolute Gasteiger partial charge is 0.379 e. The van der Waals surface area contributed by atoms with Crippen molar-refractivity contribution in [3.8, 4) is 0 Å². The molecule has 1 atom stereocenters. The first-order valence-electron chi connectivity index (χ1n) is 11.1. The first-order valence-corrected chi connectivity index (χ1v) is 11.1. The minimum Gasteiger partial charge on any atom is -0.379 e. The smallest absolute Gasteiger partial charge is 0.254 e. The normalized spacial score (nSPS) is 17.3. The molecule has 0 aromatic heterocycles. The zero-order valence-electron chi connectivity index (χ0n) is 18.4. The standard InChI is InChI=1S/C25H31N3O3/c1-19(17-26-12-14-31-15-13-26)28(18-21-6-4-3-5-7-21)25(30)23-8-9-24-22(16-23)10-11-27(24)20(2)29/h3-9,16,19H,10-15,17-18H2,1-2H3/t19-/m0/s1. The van der Waals surface area contributed by atoms with Crippen LogP contribution in [0.25, 0.3) is 0 Å². The molecule has 4 rings (SSSR count). The van der Waals surface area contributed by atoms with Crippen LogP contribution >= 0.6 is 0 Å². The number of benzene rings is 2. The van der Waals surface area contributed by atoms with E-state index < -0.39 is 0 Å². The van der Waals surface area contributed by atoms with E-state index in [1.807, 2.05) is 41.3 Å². The minimum atomic E-state index is 0.0358. The Labute approximate surface area is 184 Å². The second kappa shape index (κ2) is 9.62.